The fourth-order valence-electron chi connectivity index (χ4n) is 2.25. The third kappa shape index (κ3) is 5.63. The van der Waals surface area contributed by atoms with Gasteiger partial charge in [0.1, 0.15) is 0 Å². The summed E-state index contributed by atoms with van der Waals surface area (Å²) in [7, 11) is 0. The summed E-state index contributed by atoms with van der Waals surface area (Å²) in [5, 5.41) is 0. The van der Waals surface area contributed by atoms with E-state index in [9.17, 15) is 4.79 Å². The molecule has 0 spiro atoms. The van der Waals surface area contributed by atoms with E-state index < -0.39 is 0 Å². The van der Waals surface area contributed by atoms with Gasteiger partial charge in [0.25, 0.3) is 0 Å². The second kappa shape index (κ2) is 7.52. The average molecular weight is 261 g/mol. The van der Waals surface area contributed by atoms with E-state index in [0.29, 0.717) is 11.8 Å². The van der Waals surface area contributed by atoms with Gasteiger partial charge in [0, 0.05) is 19.0 Å². The third-order valence-corrected chi connectivity index (χ3v) is 3.81. The Morgan fingerprint density at radius 1 is 1.05 bits per heavy atom. The maximum Gasteiger partial charge on any atom is 0.225 e. The van der Waals surface area contributed by atoms with Gasteiger partial charge in [0.05, 0.1) is 0 Å². The first-order valence-electron chi connectivity index (χ1n) is 7.90. The van der Waals surface area contributed by atoms with Gasteiger partial charge in [-0.3, -0.25) is 4.79 Å². The normalized spacial score (nSPS) is 19.4. The summed E-state index contributed by atoms with van der Waals surface area (Å²) >= 11 is 0. The Bertz CT molecular complexity index is 337. The molecule has 0 N–H and O–H groups in total. The van der Waals surface area contributed by atoms with E-state index in [4.69, 9.17) is 0 Å². The topological polar surface area (TPSA) is 20.3 Å². The van der Waals surface area contributed by atoms with Crippen LogP contribution in [-0.4, -0.2) is 23.9 Å². The molecule has 0 atom stereocenters. The highest BCUT2D eigenvalue weighted by Gasteiger charge is 2.35. The molecular formula is C17H27NO. The zero-order valence-corrected chi connectivity index (χ0v) is 12.2. The van der Waals surface area contributed by atoms with Crippen LogP contribution in [0.3, 0.4) is 0 Å². The smallest absolute Gasteiger partial charge is 0.225 e. The molecule has 2 heteroatoms. The molecule has 2 saturated carbocycles. The lowest BCUT2D eigenvalue weighted by Gasteiger charge is -2.20. The van der Waals surface area contributed by atoms with Crippen LogP contribution >= 0.6 is 0 Å². The molecule has 0 heterocycles. The lowest BCUT2D eigenvalue weighted by atomic mass is 10.2. The molecular weight excluding hydrogens is 234 g/mol. The molecule has 0 saturated heterocycles. The highest BCUT2D eigenvalue weighted by atomic mass is 16.2. The number of unbranched alkanes of at least 4 members (excludes halogenated alkanes) is 1. The summed E-state index contributed by atoms with van der Waals surface area (Å²) in [5.74, 6) is 1.56. The van der Waals surface area contributed by atoms with Gasteiger partial charge in [-0.2, -0.15) is 0 Å². The van der Waals surface area contributed by atoms with Crippen molar-refractivity contribution in [1.29, 1.82) is 0 Å². The van der Waals surface area contributed by atoms with Gasteiger partial charge < -0.3 is 4.90 Å². The van der Waals surface area contributed by atoms with E-state index >= 15 is 0 Å². The summed E-state index contributed by atoms with van der Waals surface area (Å²) in [4.78, 5) is 14.2. The zero-order valence-electron chi connectivity index (χ0n) is 12.2. The minimum atomic E-state index is 0.361. The number of amides is 1. The molecule has 0 radical (unpaired) electrons. The largest absolute Gasteiger partial charge is 0.338 e. The summed E-state index contributed by atoms with van der Waals surface area (Å²) in [5.41, 5.74) is 0. The SMILES string of the molecule is CC/C=C\CC/C=C/CN(CC1CC1)C(=O)C1CC1. The Balaban J connectivity index is 1.67. The number of hydrogen-bond acceptors (Lipinski definition) is 1. The number of carbonyl (C=O) groups excluding carboxylic acids is 1. The van der Waals surface area contributed by atoms with Crippen LogP contribution in [0.15, 0.2) is 24.3 Å². The zero-order chi connectivity index (χ0) is 13.5. The first-order valence-corrected chi connectivity index (χ1v) is 7.90. The first-order chi connectivity index (χ1) is 9.31. The molecule has 2 aliphatic rings. The van der Waals surface area contributed by atoms with Crippen molar-refractivity contribution in [3.8, 4) is 0 Å². The molecule has 2 nitrogen and oxygen atoms in total. The quantitative estimate of drug-likeness (QED) is 0.455. The molecule has 0 aromatic rings. The maximum absolute atomic E-state index is 12.2. The molecule has 0 aromatic heterocycles. The fraction of sp³-hybridized carbons (Fsp3) is 0.706. The summed E-state index contributed by atoms with van der Waals surface area (Å²) in [6.07, 6.45) is 17.1. The number of carbonyl (C=O) groups is 1. The van der Waals surface area contributed by atoms with Crippen LogP contribution in [0.25, 0.3) is 0 Å². The molecule has 2 fully saturated rings. The Hall–Kier alpha value is -1.05. The molecule has 106 valence electrons. The second-order valence-corrected chi connectivity index (χ2v) is 5.89. The highest BCUT2D eigenvalue weighted by Crippen LogP contribution is 2.34. The fourth-order valence-corrected chi connectivity index (χ4v) is 2.25. The van der Waals surface area contributed by atoms with E-state index in [2.05, 4.69) is 36.1 Å². The number of allylic oxidation sites excluding steroid dienone is 3. The van der Waals surface area contributed by atoms with Crippen LogP contribution in [0, 0.1) is 11.8 Å². The van der Waals surface area contributed by atoms with Crippen molar-refractivity contribution < 1.29 is 4.79 Å². The van der Waals surface area contributed by atoms with Crippen LogP contribution in [0.4, 0.5) is 0 Å². The molecule has 0 aromatic carbocycles. The van der Waals surface area contributed by atoms with Crippen molar-refractivity contribution in [3.05, 3.63) is 24.3 Å². The average Bonchev–Trinajstić information content (AvgIpc) is 3.28. The molecule has 0 unspecified atom stereocenters. The van der Waals surface area contributed by atoms with E-state index in [1.165, 1.54) is 12.8 Å². The van der Waals surface area contributed by atoms with Crippen molar-refractivity contribution >= 4 is 5.91 Å². The van der Waals surface area contributed by atoms with Gasteiger partial charge in [0.15, 0.2) is 0 Å². The molecule has 2 aliphatic carbocycles. The maximum atomic E-state index is 12.2. The molecule has 19 heavy (non-hydrogen) atoms. The predicted molar refractivity (Wildman–Crippen MR) is 79.8 cm³/mol. The van der Waals surface area contributed by atoms with E-state index in [0.717, 1.165) is 51.1 Å². The second-order valence-electron chi connectivity index (χ2n) is 5.89. The first kappa shape index (κ1) is 14.4. The monoisotopic (exact) mass is 261 g/mol. The van der Waals surface area contributed by atoms with Crippen molar-refractivity contribution in [2.45, 2.75) is 51.9 Å². The minimum Gasteiger partial charge on any atom is -0.338 e. The standard InChI is InChI=1S/C17H27NO/c1-2-3-4-5-6-7-8-13-18(14-15-9-10-15)17(19)16-11-12-16/h3-4,7-8,15-16H,2,5-6,9-14H2,1H3/b4-3-,8-7+. The van der Waals surface area contributed by atoms with Gasteiger partial charge in [0.2, 0.25) is 5.91 Å². The Kier molecular flexibility index (Phi) is 5.68. The van der Waals surface area contributed by atoms with Gasteiger partial charge in [-0.15, -0.1) is 0 Å². The Morgan fingerprint density at radius 3 is 2.32 bits per heavy atom. The number of hydrogen-bond donors (Lipinski definition) is 0. The van der Waals surface area contributed by atoms with Crippen molar-refractivity contribution in [2.75, 3.05) is 13.1 Å². The molecule has 0 bridgehead atoms. The van der Waals surface area contributed by atoms with E-state index in [1.54, 1.807) is 0 Å². The molecule has 2 rings (SSSR count). The highest BCUT2D eigenvalue weighted by molar-refractivity contribution is 5.81. The van der Waals surface area contributed by atoms with Gasteiger partial charge in [-0.05, 0) is 50.9 Å². The van der Waals surface area contributed by atoms with Crippen molar-refractivity contribution in [2.24, 2.45) is 11.8 Å². The number of nitrogens with zero attached hydrogens (tertiary/aromatic N) is 1. The number of rotatable bonds is 9. The van der Waals surface area contributed by atoms with Crippen LogP contribution < -0.4 is 0 Å². The lowest BCUT2D eigenvalue weighted by molar-refractivity contribution is -0.132. The van der Waals surface area contributed by atoms with Crippen LogP contribution in [0.5, 0.6) is 0 Å². The summed E-state index contributed by atoms with van der Waals surface area (Å²) < 4.78 is 0. The summed E-state index contributed by atoms with van der Waals surface area (Å²) in [6, 6.07) is 0. The molecule has 1 amide bonds. The Morgan fingerprint density at radius 2 is 1.74 bits per heavy atom. The lowest BCUT2D eigenvalue weighted by Crippen LogP contribution is -2.34. The van der Waals surface area contributed by atoms with Crippen molar-refractivity contribution in [3.63, 3.8) is 0 Å². The van der Waals surface area contributed by atoms with Gasteiger partial charge in [-0.1, -0.05) is 31.2 Å². The van der Waals surface area contributed by atoms with Crippen LogP contribution in [-0.2, 0) is 4.79 Å². The van der Waals surface area contributed by atoms with Gasteiger partial charge >= 0.3 is 0 Å². The van der Waals surface area contributed by atoms with Crippen LogP contribution in [0.1, 0.15) is 51.9 Å². The van der Waals surface area contributed by atoms with E-state index in [-0.39, 0.29) is 0 Å². The van der Waals surface area contributed by atoms with Gasteiger partial charge in [-0.25, -0.2) is 0 Å². The van der Waals surface area contributed by atoms with E-state index in [1.807, 2.05) is 0 Å². The van der Waals surface area contributed by atoms with Crippen molar-refractivity contribution in [1.82, 2.24) is 4.90 Å². The Labute approximate surface area is 117 Å². The predicted octanol–water partition coefficient (Wildman–Crippen LogP) is 3.94. The minimum absolute atomic E-state index is 0.361. The third-order valence-electron chi connectivity index (χ3n) is 3.81. The van der Waals surface area contributed by atoms with Crippen LogP contribution in [0.2, 0.25) is 0 Å². The molecule has 0 aliphatic heterocycles. The summed E-state index contributed by atoms with van der Waals surface area (Å²) in [6.45, 7) is 3.98.